The van der Waals surface area contributed by atoms with Gasteiger partial charge >= 0.3 is 0 Å². The third-order valence-electron chi connectivity index (χ3n) is 13.2. The highest BCUT2D eigenvalue weighted by Crippen LogP contribution is 2.33. The fourth-order valence-electron chi connectivity index (χ4n) is 8.74. The molecule has 0 spiro atoms. The summed E-state index contributed by atoms with van der Waals surface area (Å²) in [6.07, 6.45) is -44.2. The Morgan fingerprint density at radius 1 is 0.571 bits per heavy atom. The fraction of sp³-hybridized carbons (Fsp3) is 0.978. The maximum Gasteiger partial charge on any atom is 0.217 e. The molecule has 0 aliphatic carbocycles. The molecule has 28 atom stereocenters. The average Bonchev–Trinajstić information content (AvgIpc) is 3.40. The highest BCUT2D eigenvalue weighted by atomic mass is 16.8. The molecule has 0 aromatic rings. The van der Waals surface area contributed by atoms with Gasteiger partial charge in [-0.2, -0.15) is 0 Å². The SMILES string of the molecule is CC(=O)NC1[C@H](O[C@@H]2C(O)[C@@H](OC[C@H](O)C(O)[C@@H](OC(C)CO)O[C@@H]3C(CO)O[C@@H](OCCCCCN)C(O)[C@H]3O)OC(CO)[C@@H]2O)OC(CO)[C@H](O)[C@@H]1OC(C)OC(CO)[C@H](O)[C@H](O)CO[C@@H]1OC(C)C(O)[C@H](O)[C@@H]1O. The summed E-state index contributed by atoms with van der Waals surface area (Å²) in [6, 6.07) is -1.63. The van der Waals surface area contributed by atoms with Gasteiger partial charge in [-0.1, -0.05) is 0 Å². The molecule has 0 saturated carbocycles. The van der Waals surface area contributed by atoms with Crippen LogP contribution in [-0.4, -0.2) is 324 Å². The van der Waals surface area contributed by atoms with Crippen LogP contribution in [-0.2, 0) is 61.6 Å². The summed E-state index contributed by atoms with van der Waals surface area (Å²) in [6.45, 7) is -0.423. The number of aliphatic hydroxyl groups excluding tert-OH is 17. The number of hydrogen-bond donors (Lipinski definition) is 19. The number of nitrogens with one attached hydrogen (secondary N) is 1. The Labute approximate surface area is 443 Å². The zero-order chi connectivity index (χ0) is 57.4. The highest BCUT2D eigenvalue weighted by molar-refractivity contribution is 5.73. The fourth-order valence-corrected chi connectivity index (χ4v) is 8.74. The van der Waals surface area contributed by atoms with E-state index in [0.717, 1.165) is 13.3 Å². The first-order valence-corrected chi connectivity index (χ1v) is 25.4. The molecular weight excluding hydrogens is 1050 g/mol. The van der Waals surface area contributed by atoms with Crippen molar-refractivity contribution in [1.29, 1.82) is 0 Å². The van der Waals surface area contributed by atoms with Crippen LogP contribution < -0.4 is 11.1 Å². The number of carbonyl (C=O) groups excluding carboxylic acids is 1. The van der Waals surface area contributed by atoms with Crippen LogP contribution in [0.5, 0.6) is 0 Å². The van der Waals surface area contributed by atoms with E-state index in [1.165, 1.54) is 20.8 Å². The van der Waals surface area contributed by atoms with Crippen molar-refractivity contribution in [3.05, 3.63) is 0 Å². The molecule has 4 saturated heterocycles. The lowest BCUT2D eigenvalue weighted by molar-refractivity contribution is -0.358. The number of aliphatic hydroxyl groups is 17. The lowest BCUT2D eigenvalue weighted by Gasteiger charge is -2.48. The molecule has 32 nitrogen and oxygen atoms in total. The molecule has 454 valence electrons. The van der Waals surface area contributed by atoms with E-state index in [4.69, 9.17) is 62.6 Å². The third kappa shape index (κ3) is 18.4. The van der Waals surface area contributed by atoms with Crippen molar-refractivity contribution in [2.45, 2.75) is 219 Å². The summed E-state index contributed by atoms with van der Waals surface area (Å²) in [7, 11) is 0. The third-order valence-corrected chi connectivity index (χ3v) is 13.2. The molecule has 0 aromatic carbocycles. The van der Waals surface area contributed by atoms with Crippen molar-refractivity contribution in [3.8, 4) is 0 Å². The van der Waals surface area contributed by atoms with Crippen molar-refractivity contribution in [2.75, 3.05) is 59.4 Å². The summed E-state index contributed by atoms with van der Waals surface area (Å²) in [5.41, 5.74) is 5.51. The van der Waals surface area contributed by atoms with Crippen LogP contribution in [0.4, 0.5) is 0 Å². The molecule has 32 heteroatoms. The van der Waals surface area contributed by atoms with Gasteiger partial charge in [-0.15, -0.1) is 0 Å². The molecule has 20 N–H and O–H groups in total. The van der Waals surface area contributed by atoms with Crippen molar-refractivity contribution in [2.24, 2.45) is 5.73 Å². The van der Waals surface area contributed by atoms with E-state index in [2.05, 4.69) is 5.32 Å². The predicted molar refractivity (Wildman–Crippen MR) is 249 cm³/mol. The Bertz CT molecular complexity index is 1650. The Balaban J connectivity index is 1.46. The van der Waals surface area contributed by atoms with Crippen LogP contribution >= 0.6 is 0 Å². The summed E-state index contributed by atoms with van der Waals surface area (Å²) < 4.78 is 67.8. The van der Waals surface area contributed by atoms with Gasteiger partial charge < -0.3 is 155 Å². The van der Waals surface area contributed by atoms with Gasteiger partial charge in [0.2, 0.25) is 5.91 Å². The minimum atomic E-state index is -2.14. The van der Waals surface area contributed by atoms with Crippen molar-refractivity contribution < 1.29 is 148 Å². The number of nitrogens with two attached hydrogens (primary N) is 1. The van der Waals surface area contributed by atoms with Crippen LogP contribution in [0.2, 0.25) is 0 Å². The maximum atomic E-state index is 12.6. The number of amides is 1. The first-order chi connectivity index (χ1) is 36.5. The molecule has 4 aliphatic heterocycles. The van der Waals surface area contributed by atoms with Crippen LogP contribution in [0.25, 0.3) is 0 Å². The van der Waals surface area contributed by atoms with Gasteiger partial charge in [0.15, 0.2) is 37.7 Å². The van der Waals surface area contributed by atoms with Gasteiger partial charge in [0.05, 0.1) is 58.5 Å². The van der Waals surface area contributed by atoms with E-state index in [1.807, 2.05) is 0 Å². The minimum Gasteiger partial charge on any atom is -0.394 e. The number of unbranched alkanes of at least 4 members (excludes halogenated alkanes) is 2. The molecule has 4 heterocycles. The van der Waals surface area contributed by atoms with Gasteiger partial charge in [-0.25, -0.2) is 0 Å². The van der Waals surface area contributed by atoms with E-state index in [1.54, 1.807) is 0 Å². The predicted octanol–water partition coefficient (Wildman–Crippen LogP) is -10.5. The van der Waals surface area contributed by atoms with Crippen molar-refractivity contribution >= 4 is 5.91 Å². The summed E-state index contributed by atoms with van der Waals surface area (Å²) in [5.74, 6) is -0.787. The Kier molecular flexibility index (Phi) is 28.9. The van der Waals surface area contributed by atoms with Gasteiger partial charge in [0.1, 0.15) is 122 Å². The molecule has 4 rings (SSSR count). The zero-order valence-corrected chi connectivity index (χ0v) is 43.1. The van der Waals surface area contributed by atoms with E-state index >= 15 is 0 Å². The van der Waals surface area contributed by atoms with Gasteiger partial charge in [-0.05, 0) is 46.6 Å². The van der Waals surface area contributed by atoms with Gasteiger partial charge in [0.25, 0.3) is 0 Å². The zero-order valence-electron chi connectivity index (χ0n) is 43.1. The second-order valence-electron chi connectivity index (χ2n) is 19.3. The second-order valence-corrected chi connectivity index (χ2v) is 19.3. The molecular formula is C45H84N2O30. The molecule has 4 fully saturated rings. The van der Waals surface area contributed by atoms with Gasteiger partial charge in [0, 0.05) is 13.5 Å². The monoisotopic (exact) mass is 1130 g/mol. The Morgan fingerprint density at radius 3 is 1.69 bits per heavy atom. The van der Waals surface area contributed by atoms with Gasteiger partial charge in [-0.3, -0.25) is 4.79 Å². The normalized spacial score (nSPS) is 39.2. The maximum absolute atomic E-state index is 12.6. The Morgan fingerprint density at radius 2 is 1.12 bits per heavy atom. The number of ether oxygens (including phenoxy) is 12. The second kappa shape index (κ2) is 32.8. The van der Waals surface area contributed by atoms with Crippen molar-refractivity contribution in [3.63, 3.8) is 0 Å². The number of rotatable bonds is 32. The molecule has 0 bridgehead atoms. The summed E-state index contributed by atoms with van der Waals surface area (Å²) >= 11 is 0. The van der Waals surface area contributed by atoms with E-state index < -0.39 is 224 Å². The minimum absolute atomic E-state index is 0.112. The van der Waals surface area contributed by atoms with E-state index in [0.29, 0.717) is 19.4 Å². The largest absolute Gasteiger partial charge is 0.394 e. The van der Waals surface area contributed by atoms with Crippen LogP contribution in [0.3, 0.4) is 0 Å². The lowest BCUT2D eigenvalue weighted by Crippen LogP contribution is -2.68. The molecule has 0 aromatic heterocycles. The van der Waals surface area contributed by atoms with E-state index in [9.17, 15) is 91.6 Å². The first-order valence-electron chi connectivity index (χ1n) is 25.4. The first kappa shape index (κ1) is 67.8. The number of hydrogen-bond acceptors (Lipinski definition) is 31. The molecule has 77 heavy (non-hydrogen) atoms. The Hall–Kier alpha value is -1.73. The van der Waals surface area contributed by atoms with Crippen LogP contribution in [0.1, 0.15) is 47.0 Å². The quantitative estimate of drug-likeness (QED) is 0.0220. The van der Waals surface area contributed by atoms with E-state index in [-0.39, 0.29) is 6.61 Å². The van der Waals surface area contributed by atoms with Crippen molar-refractivity contribution in [1.82, 2.24) is 5.32 Å². The topological polar surface area (TPSA) is 510 Å². The smallest absolute Gasteiger partial charge is 0.217 e. The lowest BCUT2D eigenvalue weighted by atomic mass is 9.95. The molecule has 0 radical (unpaired) electrons. The van der Waals surface area contributed by atoms with Crippen LogP contribution in [0.15, 0.2) is 0 Å². The molecule has 4 aliphatic rings. The standard InChI is InChI=1S/C45H84N2O30/c1-17(10-48)69-45(76-38-26(14-52)75-42(36(64)34(38)62)66-9-7-5-6-8-46)30(58)22(55)16-68-44-37(65)40(32(60)25(13-51)74-44)77-41-27(47-19(3)53)39(31(59)24(12-50)73-41)72-20(4)71-23(11-49)29(57)21(54)15-67-43-35(63)33(61)28(56)18(2)70-43/h17-18,20-45,48-52,54-65H,5-16,46H2,1-4H3,(H,47,53)/t17?,18?,20?,21-,22+,23?,24?,25?,26?,27?,28?,29-,30?,31+,32+,33+,34-,35+,36?,37?,38-,39-,40+,41+,42-,43-,44+,45+/m1/s1. The molecule has 1 amide bonds. The van der Waals surface area contributed by atoms with Crippen LogP contribution in [0, 0.1) is 0 Å². The summed E-state index contributed by atoms with van der Waals surface area (Å²) in [4.78, 5) is 12.6. The highest BCUT2D eigenvalue weighted by Gasteiger charge is 2.54. The number of carbonyl (C=O) groups is 1. The summed E-state index contributed by atoms with van der Waals surface area (Å²) in [5, 5.41) is 184. The molecule has 12 unspecified atom stereocenters. The average molecular weight is 1130 g/mol.